The molecule has 1 rings (SSSR count). The van der Waals surface area contributed by atoms with E-state index >= 15 is 0 Å². The van der Waals surface area contributed by atoms with Crippen LogP contribution in [0, 0.1) is 11.8 Å². The Morgan fingerprint density at radius 1 is 1.37 bits per heavy atom. The van der Waals surface area contributed by atoms with Gasteiger partial charge in [-0.3, -0.25) is 10.1 Å². The zero-order chi connectivity index (χ0) is 14.6. The van der Waals surface area contributed by atoms with Gasteiger partial charge in [0.25, 0.3) is 0 Å². The number of primary amides is 1. The number of nitrogens with two attached hydrogens (primary N) is 1. The van der Waals surface area contributed by atoms with Crippen molar-refractivity contribution in [1.29, 1.82) is 0 Å². The van der Waals surface area contributed by atoms with E-state index in [2.05, 4.69) is 45.0 Å². The van der Waals surface area contributed by atoms with Crippen LogP contribution in [0.2, 0.25) is 0 Å². The van der Waals surface area contributed by atoms with E-state index in [9.17, 15) is 4.79 Å². The van der Waals surface area contributed by atoms with Crippen molar-refractivity contribution in [3.63, 3.8) is 0 Å². The first-order valence-electron chi connectivity index (χ1n) is 7.54. The predicted octanol–water partition coefficient (Wildman–Crippen LogP) is 1.60. The molecule has 0 heterocycles. The number of likely N-dealkylation sites (N-methyl/N-ethyl adjacent to an activating group) is 1. The van der Waals surface area contributed by atoms with Crippen molar-refractivity contribution in [2.45, 2.75) is 58.5 Å². The van der Waals surface area contributed by atoms with Gasteiger partial charge in [0.2, 0.25) is 5.91 Å². The molecule has 0 radical (unpaired) electrons. The van der Waals surface area contributed by atoms with Gasteiger partial charge in [0.1, 0.15) is 5.54 Å². The van der Waals surface area contributed by atoms with Gasteiger partial charge in [-0.1, -0.05) is 13.8 Å². The summed E-state index contributed by atoms with van der Waals surface area (Å²) in [7, 11) is 2.09. The molecular weight excluding hydrogens is 238 g/mol. The summed E-state index contributed by atoms with van der Waals surface area (Å²) in [5.74, 6) is 0.901. The van der Waals surface area contributed by atoms with Gasteiger partial charge in [0.05, 0.1) is 0 Å². The predicted molar refractivity (Wildman–Crippen MR) is 79.9 cm³/mol. The molecule has 19 heavy (non-hydrogen) atoms. The maximum Gasteiger partial charge on any atom is 0.239 e. The highest BCUT2D eigenvalue weighted by molar-refractivity contribution is 5.86. The van der Waals surface area contributed by atoms with E-state index < -0.39 is 5.54 Å². The normalized spacial score (nSPS) is 19.2. The summed E-state index contributed by atoms with van der Waals surface area (Å²) in [6.45, 7) is 10.3. The molecule has 0 bridgehead atoms. The lowest BCUT2D eigenvalue weighted by Gasteiger charge is -2.37. The summed E-state index contributed by atoms with van der Waals surface area (Å²) in [4.78, 5) is 14.3. The molecule has 0 aromatic rings. The monoisotopic (exact) mass is 269 g/mol. The molecule has 0 saturated heterocycles. The van der Waals surface area contributed by atoms with Crippen molar-refractivity contribution in [3.05, 3.63) is 0 Å². The quantitative estimate of drug-likeness (QED) is 0.668. The van der Waals surface area contributed by atoms with Crippen LogP contribution in [0.5, 0.6) is 0 Å². The molecule has 4 heteroatoms. The van der Waals surface area contributed by atoms with Gasteiger partial charge in [-0.15, -0.1) is 0 Å². The van der Waals surface area contributed by atoms with Crippen molar-refractivity contribution in [2.24, 2.45) is 17.6 Å². The molecule has 1 fully saturated rings. The van der Waals surface area contributed by atoms with Crippen LogP contribution in [-0.4, -0.2) is 42.5 Å². The second kappa shape index (κ2) is 6.71. The maximum absolute atomic E-state index is 12.0. The summed E-state index contributed by atoms with van der Waals surface area (Å²) in [6, 6.07) is 0.270. The average Bonchev–Trinajstić information content (AvgIpc) is 3.08. The third kappa shape index (κ3) is 4.77. The lowest BCUT2D eigenvalue weighted by atomic mass is 9.90. The Kier molecular flexibility index (Phi) is 5.81. The highest BCUT2D eigenvalue weighted by atomic mass is 16.1. The topological polar surface area (TPSA) is 58.4 Å². The van der Waals surface area contributed by atoms with Gasteiger partial charge >= 0.3 is 0 Å². The summed E-state index contributed by atoms with van der Waals surface area (Å²) in [6.07, 6.45) is 3.37. The molecule has 1 unspecified atom stereocenters. The Labute approximate surface area is 118 Å². The molecule has 112 valence electrons. The van der Waals surface area contributed by atoms with Crippen LogP contribution in [0.15, 0.2) is 0 Å². The van der Waals surface area contributed by atoms with E-state index in [1.54, 1.807) is 0 Å². The number of hydrogen-bond donors (Lipinski definition) is 2. The first-order chi connectivity index (χ1) is 8.78. The molecule has 0 spiro atoms. The molecular formula is C15H31N3O. The summed E-state index contributed by atoms with van der Waals surface area (Å²) >= 11 is 0. The number of carbonyl (C=O) groups excluding carboxylic acids is 1. The number of rotatable bonds is 9. The van der Waals surface area contributed by atoms with Gasteiger partial charge in [-0.2, -0.15) is 0 Å². The van der Waals surface area contributed by atoms with Crippen LogP contribution in [-0.2, 0) is 4.79 Å². The summed E-state index contributed by atoms with van der Waals surface area (Å²) in [5.41, 5.74) is 5.20. The van der Waals surface area contributed by atoms with Gasteiger partial charge in [0.15, 0.2) is 0 Å². The van der Waals surface area contributed by atoms with Crippen molar-refractivity contribution in [2.75, 3.05) is 20.1 Å². The number of amides is 1. The fourth-order valence-corrected chi connectivity index (χ4v) is 2.72. The fourth-order valence-electron chi connectivity index (χ4n) is 2.72. The Bertz CT molecular complexity index is 300. The third-order valence-corrected chi connectivity index (χ3v) is 3.87. The Morgan fingerprint density at radius 2 is 1.95 bits per heavy atom. The summed E-state index contributed by atoms with van der Waals surface area (Å²) < 4.78 is 0. The Balaban J connectivity index is 2.70. The number of nitrogens with one attached hydrogen (secondary N) is 1. The minimum absolute atomic E-state index is 0.194. The zero-order valence-corrected chi connectivity index (χ0v) is 13.2. The minimum Gasteiger partial charge on any atom is -0.368 e. The standard InChI is InChI=1S/C15H31N3O/c1-11(2)8-9-18(5)10-15(14(16)19,13-6-7-13)17-12(3)4/h11-13,17H,6-10H2,1-5H3,(H2,16,19). The van der Waals surface area contributed by atoms with E-state index in [0.717, 1.165) is 32.4 Å². The second-order valence-electron chi connectivity index (χ2n) is 6.83. The maximum atomic E-state index is 12.0. The van der Waals surface area contributed by atoms with Crippen LogP contribution in [0.4, 0.5) is 0 Å². The smallest absolute Gasteiger partial charge is 0.239 e. The van der Waals surface area contributed by atoms with Crippen LogP contribution >= 0.6 is 0 Å². The zero-order valence-electron chi connectivity index (χ0n) is 13.2. The van der Waals surface area contributed by atoms with Crippen molar-refractivity contribution in [1.82, 2.24) is 10.2 Å². The van der Waals surface area contributed by atoms with Gasteiger partial charge in [0, 0.05) is 12.6 Å². The van der Waals surface area contributed by atoms with Crippen LogP contribution < -0.4 is 11.1 Å². The number of nitrogens with zero attached hydrogens (tertiary/aromatic N) is 1. The van der Waals surface area contributed by atoms with E-state index in [-0.39, 0.29) is 11.9 Å². The Hall–Kier alpha value is -0.610. The van der Waals surface area contributed by atoms with Crippen LogP contribution in [0.1, 0.15) is 47.0 Å². The lowest BCUT2D eigenvalue weighted by Crippen LogP contribution is -2.64. The average molecular weight is 269 g/mol. The third-order valence-electron chi connectivity index (χ3n) is 3.87. The van der Waals surface area contributed by atoms with Crippen LogP contribution in [0.25, 0.3) is 0 Å². The number of carbonyl (C=O) groups is 1. The van der Waals surface area contributed by atoms with E-state index in [1.165, 1.54) is 0 Å². The SMILES string of the molecule is CC(C)CCN(C)CC(NC(C)C)(C(N)=O)C1CC1. The minimum atomic E-state index is -0.542. The van der Waals surface area contributed by atoms with E-state index in [4.69, 9.17) is 5.73 Å². The molecule has 0 aromatic heterocycles. The molecule has 4 nitrogen and oxygen atoms in total. The molecule has 0 aliphatic heterocycles. The molecule has 1 aliphatic carbocycles. The highest BCUT2D eigenvalue weighted by Gasteiger charge is 2.50. The van der Waals surface area contributed by atoms with Gasteiger partial charge in [-0.05, 0) is 58.5 Å². The van der Waals surface area contributed by atoms with Crippen molar-refractivity contribution >= 4 is 5.91 Å². The Morgan fingerprint density at radius 3 is 2.32 bits per heavy atom. The van der Waals surface area contributed by atoms with Crippen LogP contribution in [0.3, 0.4) is 0 Å². The highest BCUT2D eigenvalue weighted by Crippen LogP contribution is 2.40. The fraction of sp³-hybridized carbons (Fsp3) is 0.933. The number of hydrogen-bond acceptors (Lipinski definition) is 3. The van der Waals surface area contributed by atoms with Crippen molar-refractivity contribution in [3.8, 4) is 0 Å². The molecule has 1 saturated carbocycles. The lowest BCUT2D eigenvalue weighted by molar-refractivity contribution is -0.126. The largest absolute Gasteiger partial charge is 0.368 e. The first kappa shape index (κ1) is 16.4. The van der Waals surface area contributed by atoms with Gasteiger partial charge < -0.3 is 10.6 Å². The molecule has 1 amide bonds. The molecule has 3 N–H and O–H groups in total. The molecule has 1 aliphatic rings. The van der Waals surface area contributed by atoms with Gasteiger partial charge in [-0.25, -0.2) is 0 Å². The summed E-state index contributed by atoms with van der Waals surface area (Å²) in [5, 5.41) is 3.46. The molecule has 1 atom stereocenters. The van der Waals surface area contributed by atoms with E-state index in [1.807, 2.05) is 0 Å². The molecule has 0 aromatic carbocycles. The van der Waals surface area contributed by atoms with Crippen molar-refractivity contribution < 1.29 is 4.79 Å². The van der Waals surface area contributed by atoms with E-state index in [0.29, 0.717) is 11.8 Å². The second-order valence-corrected chi connectivity index (χ2v) is 6.83. The first-order valence-corrected chi connectivity index (χ1v) is 7.54.